The van der Waals surface area contributed by atoms with Gasteiger partial charge in [-0.2, -0.15) is 4.98 Å². The van der Waals surface area contributed by atoms with Gasteiger partial charge in [-0.15, -0.1) is 0 Å². The molecule has 1 aromatic rings. The first-order valence-electron chi connectivity index (χ1n) is 9.94. The maximum atomic E-state index is 5.52. The number of guanidine groups is 1. The number of allylic oxidation sites excluding steroid dienone is 2. The molecule has 1 aromatic heterocycles. The van der Waals surface area contributed by atoms with E-state index in [1.165, 1.54) is 5.70 Å². The quantitative estimate of drug-likeness (QED) is 0.803. The molecule has 0 bridgehead atoms. The second-order valence-electron chi connectivity index (χ2n) is 7.10. The molecule has 2 atom stereocenters. The van der Waals surface area contributed by atoms with Gasteiger partial charge in [0.25, 0.3) is 0 Å². The number of ether oxygens (including phenoxy) is 2. The molecule has 0 saturated carbocycles. The van der Waals surface area contributed by atoms with Crippen LogP contribution in [-0.4, -0.2) is 66.8 Å². The summed E-state index contributed by atoms with van der Waals surface area (Å²) in [4.78, 5) is 18.4. The second-order valence-corrected chi connectivity index (χ2v) is 7.10. The number of aliphatic imine (C=N–C) groups is 1. The van der Waals surface area contributed by atoms with Crippen molar-refractivity contribution in [1.29, 1.82) is 0 Å². The Morgan fingerprint density at radius 2 is 2.14 bits per heavy atom. The number of methoxy groups -OCH3 is 2. The molecule has 150 valence electrons. The van der Waals surface area contributed by atoms with Crippen LogP contribution in [0.2, 0.25) is 0 Å². The van der Waals surface area contributed by atoms with Crippen LogP contribution in [0.4, 0.5) is 5.69 Å². The second kappa shape index (κ2) is 8.08. The molecule has 2 unspecified atom stereocenters. The van der Waals surface area contributed by atoms with Crippen molar-refractivity contribution in [2.45, 2.75) is 38.3 Å². The summed E-state index contributed by atoms with van der Waals surface area (Å²) in [5.41, 5.74) is 2.07. The summed E-state index contributed by atoms with van der Waals surface area (Å²) in [7, 11) is 3.17. The van der Waals surface area contributed by atoms with Crippen LogP contribution in [0.1, 0.15) is 26.2 Å². The monoisotopic (exact) mass is 384 g/mol. The van der Waals surface area contributed by atoms with E-state index < -0.39 is 0 Å². The van der Waals surface area contributed by atoms with Gasteiger partial charge in [-0.05, 0) is 25.3 Å². The standard InChI is InChI=1S/C20H28N6O2/c1-4-10-21-14-8-5-6-9-15-17(14)26-12-7-11-25(20(26)23-15)16-13-22-19(28-3)24-18(16)27-2/h5-6,8,13,15,17,21H,4,7,9-12H2,1-3H3. The van der Waals surface area contributed by atoms with Crippen LogP contribution in [0.3, 0.4) is 0 Å². The minimum Gasteiger partial charge on any atom is -0.479 e. The molecule has 0 aromatic carbocycles. The van der Waals surface area contributed by atoms with Gasteiger partial charge in [0.1, 0.15) is 5.69 Å². The number of hydrogen-bond acceptors (Lipinski definition) is 8. The molecule has 0 amide bonds. The van der Waals surface area contributed by atoms with Gasteiger partial charge in [-0.25, -0.2) is 9.98 Å². The van der Waals surface area contributed by atoms with E-state index in [4.69, 9.17) is 14.5 Å². The number of rotatable bonds is 6. The SMILES string of the molecule is CCCNC1=CC=CCC2N=C3N(c4cnc(OC)nc4OC)CCCN3C12. The van der Waals surface area contributed by atoms with E-state index in [1.54, 1.807) is 20.4 Å². The lowest BCUT2D eigenvalue weighted by atomic mass is 10.0. The van der Waals surface area contributed by atoms with E-state index in [9.17, 15) is 0 Å². The highest BCUT2D eigenvalue weighted by Gasteiger charge is 2.43. The largest absolute Gasteiger partial charge is 0.479 e. The molecule has 2 aliphatic heterocycles. The Balaban J connectivity index is 1.67. The first-order valence-corrected chi connectivity index (χ1v) is 9.94. The zero-order valence-electron chi connectivity index (χ0n) is 16.8. The van der Waals surface area contributed by atoms with Crippen molar-refractivity contribution < 1.29 is 9.47 Å². The molecular weight excluding hydrogens is 356 g/mol. The van der Waals surface area contributed by atoms with E-state index >= 15 is 0 Å². The van der Waals surface area contributed by atoms with Crippen LogP contribution in [0.5, 0.6) is 11.9 Å². The fourth-order valence-corrected chi connectivity index (χ4v) is 4.07. The molecule has 0 radical (unpaired) electrons. The fraction of sp³-hybridized carbons (Fsp3) is 0.550. The van der Waals surface area contributed by atoms with Crippen molar-refractivity contribution in [2.24, 2.45) is 4.99 Å². The predicted molar refractivity (Wildman–Crippen MR) is 109 cm³/mol. The predicted octanol–water partition coefficient (Wildman–Crippen LogP) is 1.96. The summed E-state index contributed by atoms with van der Waals surface area (Å²) in [6.45, 7) is 5.00. The first-order chi connectivity index (χ1) is 13.8. The third-order valence-corrected chi connectivity index (χ3v) is 5.33. The Morgan fingerprint density at radius 3 is 2.93 bits per heavy atom. The lowest BCUT2D eigenvalue weighted by molar-refractivity contribution is 0.308. The normalized spacial score (nSPS) is 23.4. The van der Waals surface area contributed by atoms with Crippen LogP contribution >= 0.6 is 0 Å². The molecule has 3 aliphatic rings. The van der Waals surface area contributed by atoms with Gasteiger partial charge >= 0.3 is 6.01 Å². The zero-order valence-corrected chi connectivity index (χ0v) is 16.8. The van der Waals surface area contributed by atoms with Gasteiger partial charge in [0.2, 0.25) is 11.8 Å². The molecule has 1 aliphatic carbocycles. The summed E-state index contributed by atoms with van der Waals surface area (Å²) in [6, 6.07) is 0.742. The van der Waals surface area contributed by atoms with Gasteiger partial charge in [0.15, 0.2) is 0 Å². The summed E-state index contributed by atoms with van der Waals surface area (Å²) in [6.07, 6.45) is 11.4. The van der Waals surface area contributed by atoms with Crippen molar-refractivity contribution in [3.8, 4) is 11.9 Å². The number of hydrogen-bond donors (Lipinski definition) is 1. The van der Waals surface area contributed by atoms with Crippen LogP contribution in [0.15, 0.2) is 35.1 Å². The van der Waals surface area contributed by atoms with Gasteiger partial charge in [-0.3, -0.25) is 0 Å². The number of nitrogens with one attached hydrogen (secondary N) is 1. The summed E-state index contributed by atoms with van der Waals surface area (Å²) in [5.74, 6) is 1.48. The topological polar surface area (TPSA) is 75.1 Å². The molecule has 1 fully saturated rings. The van der Waals surface area contributed by atoms with E-state index in [-0.39, 0.29) is 12.1 Å². The van der Waals surface area contributed by atoms with Crippen molar-refractivity contribution in [3.63, 3.8) is 0 Å². The van der Waals surface area contributed by atoms with Gasteiger partial charge < -0.3 is 24.6 Å². The highest BCUT2D eigenvalue weighted by molar-refractivity contribution is 5.99. The summed E-state index contributed by atoms with van der Waals surface area (Å²) in [5, 5.41) is 3.62. The van der Waals surface area contributed by atoms with E-state index in [0.717, 1.165) is 50.5 Å². The van der Waals surface area contributed by atoms with Gasteiger partial charge in [0.05, 0.1) is 32.5 Å². The molecular formula is C20H28N6O2. The van der Waals surface area contributed by atoms with Gasteiger partial charge in [-0.1, -0.05) is 19.1 Å². The molecule has 0 spiro atoms. The van der Waals surface area contributed by atoms with Crippen LogP contribution < -0.4 is 19.7 Å². The third-order valence-electron chi connectivity index (χ3n) is 5.33. The molecule has 28 heavy (non-hydrogen) atoms. The molecule has 3 heterocycles. The molecule has 1 N–H and O–H groups in total. The Kier molecular flexibility index (Phi) is 5.36. The number of anilines is 1. The zero-order chi connectivity index (χ0) is 19.5. The fourth-order valence-electron chi connectivity index (χ4n) is 4.07. The van der Waals surface area contributed by atoms with Crippen LogP contribution in [-0.2, 0) is 0 Å². The minimum absolute atomic E-state index is 0.204. The summed E-state index contributed by atoms with van der Waals surface area (Å²) < 4.78 is 10.7. The van der Waals surface area contributed by atoms with E-state index in [1.807, 2.05) is 0 Å². The van der Waals surface area contributed by atoms with Crippen molar-refractivity contribution >= 4 is 11.6 Å². The first kappa shape index (κ1) is 18.6. The van der Waals surface area contributed by atoms with E-state index in [0.29, 0.717) is 11.9 Å². The number of fused-ring (bicyclic) bond motifs is 3. The minimum atomic E-state index is 0.204. The van der Waals surface area contributed by atoms with Crippen molar-refractivity contribution in [3.05, 3.63) is 30.1 Å². The maximum absolute atomic E-state index is 5.52. The Labute approximate surface area is 166 Å². The van der Waals surface area contributed by atoms with Crippen LogP contribution in [0, 0.1) is 0 Å². The van der Waals surface area contributed by atoms with Crippen LogP contribution in [0.25, 0.3) is 0 Å². The smallest absolute Gasteiger partial charge is 0.319 e. The maximum Gasteiger partial charge on any atom is 0.319 e. The van der Waals surface area contributed by atoms with E-state index in [2.05, 4.69) is 50.2 Å². The molecule has 8 nitrogen and oxygen atoms in total. The Morgan fingerprint density at radius 1 is 1.25 bits per heavy atom. The van der Waals surface area contributed by atoms with Gasteiger partial charge in [0, 0.05) is 25.3 Å². The lowest BCUT2D eigenvalue weighted by Gasteiger charge is -2.40. The number of nitrogens with zero attached hydrogens (tertiary/aromatic N) is 5. The van der Waals surface area contributed by atoms with Crippen molar-refractivity contribution in [2.75, 3.05) is 38.8 Å². The highest BCUT2D eigenvalue weighted by Crippen LogP contribution is 2.35. The molecule has 8 heteroatoms. The number of aromatic nitrogens is 2. The average molecular weight is 384 g/mol. The lowest BCUT2D eigenvalue weighted by Crippen LogP contribution is -2.54. The molecule has 4 rings (SSSR count). The third kappa shape index (κ3) is 3.27. The Bertz CT molecular complexity index is 806. The highest BCUT2D eigenvalue weighted by atomic mass is 16.5. The average Bonchev–Trinajstić information content (AvgIpc) is 2.99. The summed E-state index contributed by atoms with van der Waals surface area (Å²) >= 11 is 0. The van der Waals surface area contributed by atoms with Crippen molar-refractivity contribution in [1.82, 2.24) is 20.2 Å². The Hall–Kier alpha value is -2.77. The molecule has 1 saturated heterocycles.